The van der Waals surface area contributed by atoms with Gasteiger partial charge >= 0.3 is 6.03 Å². The second-order valence-corrected chi connectivity index (χ2v) is 3.96. The van der Waals surface area contributed by atoms with E-state index in [9.17, 15) is 9.59 Å². The Kier molecular flexibility index (Phi) is 3.13. The first kappa shape index (κ1) is 11.0. The number of imide groups is 1. The number of carbonyl (C=O) groups is 2. The minimum Gasteiger partial charge on any atom is -0.319 e. The molecule has 1 saturated heterocycles. The Hall–Kier alpha value is -1.06. The first-order chi connectivity index (χ1) is 6.53. The second-order valence-electron chi connectivity index (χ2n) is 3.96. The number of hydrogen-bond donors (Lipinski definition) is 1. The van der Waals surface area contributed by atoms with E-state index >= 15 is 0 Å². The molecule has 1 N–H and O–H groups in total. The van der Waals surface area contributed by atoms with Gasteiger partial charge in [-0.15, -0.1) is 0 Å². The van der Waals surface area contributed by atoms with Crippen molar-refractivity contribution in [3.63, 3.8) is 0 Å². The van der Waals surface area contributed by atoms with Crippen LogP contribution in [0.1, 0.15) is 40.0 Å². The zero-order valence-electron chi connectivity index (χ0n) is 9.09. The van der Waals surface area contributed by atoms with Crippen LogP contribution < -0.4 is 5.32 Å². The molecule has 1 aliphatic heterocycles. The predicted molar refractivity (Wildman–Crippen MR) is 53.8 cm³/mol. The van der Waals surface area contributed by atoms with Gasteiger partial charge in [-0.1, -0.05) is 13.8 Å². The SMILES string of the molecule is CCC(C)(CC)N1CCC(=O)NC1=O. The van der Waals surface area contributed by atoms with Crippen molar-refractivity contribution in [3.05, 3.63) is 0 Å². The maximum atomic E-state index is 11.6. The molecule has 14 heavy (non-hydrogen) atoms. The van der Waals surface area contributed by atoms with E-state index in [-0.39, 0.29) is 17.5 Å². The van der Waals surface area contributed by atoms with Crippen molar-refractivity contribution in [1.29, 1.82) is 0 Å². The normalized spacial score (nSPS) is 18.4. The van der Waals surface area contributed by atoms with E-state index in [0.717, 1.165) is 12.8 Å². The van der Waals surface area contributed by atoms with Crippen LogP contribution in [0.15, 0.2) is 0 Å². The summed E-state index contributed by atoms with van der Waals surface area (Å²) < 4.78 is 0. The largest absolute Gasteiger partial charge is 0.324 e. The zero-order valence-corrected chi connectivity index (χ0v) is 9.09. The highest BCUT2D eigenvalue weighted by atomic mass is 16.2. The third-order valence-electron chi connectivity index (χ3n) is 3.23. The maximum Gasteiger partial charge on any atom is 0.324 e. The molecule has 1 aliphatic rings. The monoisotopic (exact) mass is 198 g/mol. The average molecular weight is 198 g/mol. The Bertz CT molecular complexity index is 247. The van der Waals surface area contributed by atoms with Crippen LogP contribution in [0.2, 0.25) is 0 Å². The van der Waals surface area contributed by atoms with Gasteiger partial charge < -0.3 is 4.90 Å². The van der Waals surface area contributed by atoms with Gasteiger partial charge in [0.25, 0.3) is 0 Å². The number of amides is 3. The summed E-state index contributed by atoms with van der Waals surface area (Å²) in [6.07, 6.45) is 2.23. The Labute approximate surface area is 84.7 Å². The minimum absolute atomic E-state index is 0.120. The number of carbonyl (C=O) groups excluding carboxylic acids is 2. The van der Waals surface area contributed by atoms with Crippen molar-refractivity contribution in [2.24, 2.45) is 0 Å². The Morgan fingerprint density at radius 1 is 1.36 bits per heavy atom. The molecular weight excluding hydrogens is 180 g/mol. The Morgan fingerprint density at radius 2 is 1.93 bits per heavy atom. The van der Waals surface area contributed by atoms with Gasteiger partial charge in [0.05, 0.1) is 0 Å². The highest BCUT2D eigenvalue weighted by molar-refractivity contribution is 5.96. The van der Waals surface area contributed by atoms with Crippen LogP contribution in [0.25, 0.3) is 0 Å². The van der Waals surface area contributed by atoms with E-state index in [1.807, 2.05) is 0 Å². The maximum absolute atomic E-state index is 11.6. The molecule has 0 bridgehead atoms. The van der Waals surface area contributed by atoms with Crippen LogP contribution in [-0.2, 0) is 4.79 Å². The van der Waals surface area contributed by atoms with E-state index in [1.165, 1.54) is 0 Å². The number of nitrogens with one attached hydrogen (secondary N) is 1. The molecule has 0 aliphatic carbocycles. The fourth-order valence-electron chi connectivity index (χ4n) is 1.71. The van der Waals surface area contributed by atoms with Crippen LogP contribution in [-0.4, -0.2) is 28.9 Å². The first-order valence-electron chi connectivity index (χ1n) is 5.15. The van der Waals surface area contributed by atoms with E-state index in [1.54, 1.807) is 4.90 Å². The number of rotatable bonds is 3. The molecule has 4 nitrogen and oxygen atoms in total. The molecule has 0 unspecified atom stereocenters. The topological polar surface area (TPSA) is 49.4 Å². The molecule has 0 saturated carbocycles. The lowest BCUT2D eigenvalue weighted by atomic mass is 9.92. The molecule has 1 fully saturated rings. The molecule has 0 aromatic rings. The van der Waals surface area contributed by atoms with Gasteiger partial charge in [0.15, 0.2) is 0 Å². The summed E-state index contributed by atoms with van der Waals surface area (Å²) in [7, 11) is 0. The van der Waals surface area contributed by atoms with E-state index < -0.39 is 0 Å². The Balaban J connectivity index is 2.77. The second kappa shape index (κ2) is 3.98. The van der Waals surface area contributed by atoms with Crippen LogP contribution in [0.3, 0.4) is 0 Å². The highest BCUT2D eigenvalue weighted by Gasteiger charge is 2.35. The van der Waals surface area contributed by atoms with Gasteiger partial charge in [-0.05, 0) is 19.8 Å². The summed E-state index contributed by atoms with van der Waals surface area (Å²) in [6, 6.07) is -0.243. The van der Waals surface area contributed by atoms with Gasteiger partial charge in [-0.2, -0.15) is 0 Å². The quantitative estimate of drug-likeness (QED) is 0.747. The fourth-order valence-corrected chi connectivity index (χ4v) is 1.71. The third kappa shape index (κ3) is 1.89. The predicted octanol–water partition coefficient (Wildman–Crippen LogP) is 1.51. The minimum atomic E-state index is -0.243. The van der Waals surface area contributed by atoms with Crippen LogP contribution >= 0.6 is 0 Å². The molecule has 0 spiro atoms. The van der Waals surface area contributed by atoms with Gasteiger partial charge in [0, 0.05) is 18.5 Å². The molecule has 3 amide bonds. The van der Waals surface area contributed by atoms with Crippen molar-refractivity contribution in [2.75, 3.05) is 6.54 Å². The molecule has 1 rings (SSSR count). The first-order valence-corrected chi connectivity index (χ1v) is 5.15. The van der Waals surface area contributed by atoms with Crippen molar-refractivity contribution in [2.45, 2.75) is 45.6 Å². The Morgan fingerprint density at radius 3 is 2.36 bits per heavy atom. The smallest absolute Gasteiger partial charge is 0.319 e. The van der Waals surface area contributed by atoms with Crippen molar-refractivity contribution >= 4 is 11.9 Å². The zero-order chi connectivity index (χ0) is 10.8. The third-order valence-corrected chi connectivity index (χ3v) is 3.23. The van der Waals surface area contributed by atoms with E-state index in [0.29, 0.717) is 13.0 Å². The van der Waals surface area contributed by atoms with Gasteiger partial charge in [-0.3, -0.25) is 10.1 Å². The summed E-state index contributed by atoms with van der Waals surface area (Å²) in [6.45, 7) is 6.73. The van der Waals surface area contributed by atoms with Crippen LogP contribution in [0.4, 0.5) is 4.79 Å². The summed E-state index contributed by atoms with van der Waals surface area (Å²) in [5.74, 6) is -0.166. The van der Waals surface area contributed by atoms with Gasteiger partial charge in [0.1, 0.15) is 0 Å². The fraction of sp³-hybridized carbons (Fsp3) is 0.800. The number of hydrogen-bond acceptors (Lipinski definition) is 2. The summed E-state index contributed by atoms with van der Waals surface area (Å²) in [5.41, 5.74) is -0.120. The molecule has 4 heteroatoms. The molecule has 0 aromatic heterocycles. The van der Waals surface area contributed by atoms with E-state index in [2.05, 4.69) is 26.1 Å². The van der Waals surface area contributed by atoms with Crippen molar-refractivity contribution < 1.29 is 9.59 Å². The molecule has 80 valence electrons. The standard InChI is InChI=1S/C10H18N2O2/c1-4-10(3,5-2)12-7-6-8(13)11-9(12)14/h4-7H2,1-3H3,(H,11,13,14). The highest BCUT2D eigenvalue weighted by Crippen LogP contribution is 2.24. The summed E-state index contributed by atoms with van der Waals surface area (Å²) in [5, 5.41) is 2.35. The lowest BCUT2D eigenvalue weighted by Crippen LogP contribution is -2.58. The molecular formula is C10H18N2O2. The number of nitrogens with zero attached hydrogens (tertiary/aromatic N) is 1. The van der Waals surface area contributed by atoms with E-state index in [4.69, 9.17) is 0 Å². The average Bonchev–Trinajstić information content (AvgIpc) is 2.17. The lowest BCUT2D eigenvalue weighted by molar-refractivity contribution is -0.122. The molecule has 0 aromatic carbocycles. The molecule has 0 radical (unpaired) electrons. The molecule has 1 heterocycles. The summed E-state index contributed by atoms with van der Waals surface area (Å²) in [4.78, 5) is 24.3. The van der Waals surface area contributed by atoms with Gasteiger partial charge in [-0.25, -0.2) is 4.79 Å². The van der Waals surface area contributed by atoms with Crippen molar-refractivity contribution in [1.82, 2.24) is 10.2 Å². The molecule has 0 atom stereocenters. The van der Waals surface area contributed by atoms with Crippen LogP contribution in [0.5, 0.6) is 0 Å². The number of urea groups is 1. The summed E-state index contributed by atoms with van der Waals surface area (Å²) >= 11 is 0. The van der Waals surface area contributed by atoms with Gasteiger partial charge in [0.2, 0.25) is 5.91 Å². The van der Waals surface area contributed by atoms with Crippen LogP contribution in [0, 0.1) is 0 Å². The van der Waals surface area contributed by atoms with Crippen molar-refractivity contribution in [3.8, 4) is 0 Å². The lowest BCUT2D eigenvalue weighted by Gasteiger charge is -2.42.